The topological polar surface area (TPSA) is 21.3 Å². The zero-order valence-corrected chi connectivity index (χ0v) is 11.6. The van der Waals surface area contributed by atoms with E-state index in [2.05, 4.69) is 17.4 Å². The van der Waals surface area contributed by atoms with Crippen LogP contribution in [0.3, 0.4) is 0 Å². The molecule has 0 fully saturated rings. The first-order valence-electron chi connectivity index (χ1n) is 6.97. The molecule has 0 aliphatic carbocycles. The molecule has 3 rings (SSSR count). The van der Waals surface area contributed by atoms with Crippen LogP contribution in [0, 0.1) is 5.82 Å². The minimum Gasteiger partial charge on any atom is -0.372 e. The van der Waals surface area contributed by atoms with E-state index in [0.29, 0.717) is 25.3 Å². The first-order valence-corrected chi connectivity index (χ1v) is 6.97. The molecule has 2 aromatic rings. The Bertz CT molecular complexity index is 624. The number of benzene rings is 2. The minimum atomic E-state index is -0.153. The van der Waals surface area contributed by atoms with Gasteiger partial charge in [-0.3, -0.25) is 0 Å². The van der Waals surface area contributed by atoms with E-state index in [4.69, 9.17) is 4.74 Å². The van der Waals surface area contributed by atoms with Crippen LogP contribution in [0.4, 0.5) is 4.39 Å². The fourth-order valence-electron chi connectivity index (χ4n) is 2.48. The number of hydrogen-bond acceptors (Lipinski definition) is 2. The molecule has 0 saturated heterocycles. The highest BCUT2D eigenvalue weighted by molar-refractivity contribution is 5.65. The first-order chi connectivity index (χ1) is 9.78. The minimum absolute atomic E-state index is 0.153. The van der Waals surface area contributed by atoms with Crippen LogP contribution >= 0.6 is 0 Å². The maximum absolute atomic E-state index is 14.1. The Kier molecular flexibility index (Phi) is 3.81. The third-order valence-electron chi connectivity index (χ3n) is 3.67. The zero-order valence-electron chi connectivity index (χ0n) is 11.6. The van der Waals surface area contributed by atoms with Crippen molar-refractivity contribution < 1.29 is 9.13 Å². The molecule has 2 nitrogen and oxygen atoms in total. The summed E-state index contributed by atoms with van der Waals surface area (Å²) in [5, 5.41) is 3.14. The van der Waals surface area contributed by atoms with Gasteiger partial charge in [0, 0.05) is 12.1 Å². The standard InChI is InChI=1S/C17H18FNO/c1-2-19-9-14-5-3-13(8-17(14)18)12-4-6-15-10-20-11-16(15)7-12/h3-8,19H,2,9-11H2,1H3. The van der Waals surface area contributed by atoms with E-state index in [-0.39, 0.29) is 5.82 Å². The van der Waals surface area contributed by atoms with Gasteiger partial charge >= 0.3 is 0 Å². The third-order valence-corrected chi connectivity index (χ3v) is 3.67. The van der Waals surface area contributed by atoms with Crippen molar-refractivity contribution in [3.05, 3.63) is 58.9 Å². The van der Waals surface area contributed by atoms with Crippen LogP contribution in [-0.4, -0.2) is 6.54 Å². The third kappa shape index (κ3) is 2.60. The van der Waals surface area contributed by atoms with Gasteiger partial charge in [0.2, 0.25) is 0 Å². The predicted molar refractivity (Wildman–Crippen MR) is 77.7 cm³/mol. The van der Waals surface area contributed by atoms with Crippen molar-refractivity contribution in [2.75, 3.05) is 6.54 Å². The van der Waals surface area contributed by atoms with Crippen molar-refractivity contribution in [2.45, 2.75) is 26.7 Å². The molecule has 0 radical (unpaired) electrons. The number of halogens is 1. The van der Waals surface area contributed by atoms with Crippen molar-refractivity contribution in [3.8, 4) is 11.1 Å². The van der Waals surface area contributed by atoms with Gasteiger partial charge in [0.1, 0.15) is 5.82 Å². The molecule has 104 valence electrons. The van der Waals surface area contributed by atoms with Crippen LogP contribution < -0.4 is 5.32 Å². The van der Waals surface area contributed by atoms with E-state index in [0.717, 1.165) is 17.7 Å². The molecular formula is C17H18FNO. The number of fused-ring (bicyclic) bond motifs is 1. The predicted octanol–water partition coefficient (Wildman–Crippen LogP) is 3.63. The Morgan fingerprint density at radius 3 is 2.60 bits per heavy atom. The highest BCUT2D eigenvalue weighted by Crippen LogP contribution is 2.28. The van der Waals surface area contributed by atoms with Crippen LogP contribution in [0.2, 0.25) is 0 Å². The van der Waals surface area contributed by atoms with Gasteiger partial charge in [-0.15, -0.1) is 0 Å². The quantitative estimate of drug-likeness (QED) is 0.916. The molecule has 0 unspecified atom stereocenters. The van der Waals surface area contributed by atoms with Crippen molar-refractivity contribution >= 4 is 0 Å². The maximum atomic E-state index is 14.1. The fraction of sp³-hybridized carbons (Fsp3) is 0.294. The zero-order chi connectivity index (χ0) is 13.9. The Balaban J connectivity index is 1.89. The lowest BCUT2D eigenvalue weighted by molar-refractivity contribution is 0.134. The molecule has 0 bridgehead atoms. The summed E-state index contributed by atoms with van der Waals surface area (Å²) in [7, 11) is 0. The number of hydrogen-bond donors (Lipinski definition) is 1. The van der Waals surface area contributed by atoms with Crippen LogP contribution in [0.1, 0.15) is 23.6 Å². The van der Waals surface area contributed by atoms with Gasteiger partial charge in [-0.05, 0) is 40.9 Å². The number of ether oxygens (including phenoxy) is 1. The molecule has 0 atom stereocenters. The van der Waals surface area contributed by atoms with Gasteiger partial charge < -0.3 is 10.1 Å². The molecular weight excluding hydrogens is 253 g/mol. The maximum Gasteiger partial charge on any atom is 0.128 e. The monoisotopic (exact) mass is 271 g/mol. The van der Waals surface area contributed by atoms with Gasteiger partial charge in [-0.25, -0.2) is 4.39 Å². The second-order valence-corrected chi connectivity index (χ2v) is 5.06. The van der Waals surface area contributed by atoms with Gasteiger partial charge in [-0.1, -0.05) is 31.2 Å². The average molecular weight is 271 g/mol. The highest BCUT2D eigenvalue weighted by atomic mass is 19.1. The second-order valence-electron chi connectivity index (χ2n) is 5.06. The average Bonchev–Trinajstić information content (AvgIpc) is 2.93. The van der Waals surface area contributed by atoms with E-state index in [1.165, 1.54) is 11.1 Å². The Hall–Kier alpha value is -1.71. The lowest BCUT2D eigenvalue weighted by atomic mass is 9.99. The largest absolute Gasteiger partial charge is 0.372 e. The van der Waals surface area contributed by atoms with Gasteiger partial charge in [-0.2, -0.15) is 0 Å². The summed E-state index contributed by atoms with van der Waals surface area (Å²) in [5.41, 5.74) is 5.11. The molecule has 2 aromatic carbocycles. The summed E-state index contributed by atoms with van der Waals surface area (Å²) in [5.74, 6) is -0.153. The Morgan fingerprint density at radius 1 is 1.05 bits per heavy atom. The summed E-state index contributed by atoms with van der Waals surface area (Å²) >= 11 is 0. The van der Waals surface area contributed by atoms with Gasteiger partial charge in [0.25, 0.3) is 0 Å². The summed E-state index contributed by atoms with van der Waals surface area (Å²) < 4.78 is 19.5. The van der Waals surface area contributed by atoms with Crippen molar-refractivity contribution in [2.24, 2.45) is 0 Å². The molecule has 0 saturated carbocycles. The van der Waals surface area contributed by atoms with Gasteiger partial charge in [0.15, 0.2) is 0 Å². The molecule has 3 heteroatoms. The van der Waals surface area contributed by atoms with E-state index in [1.54, 1.807) is 6.07 Å². The lowest BCUT2D eigenvalue weighted by Crippen LogP contribution is -2.12. The molecule has 0 spiro atoms. The molecule has 20 heavy (non-hydrogen) atoms. The van der Waals surface area contributed by atoms with E-state index in [9.17, 15) is 4.39 Å². The second kappa shape index (κ2) is 5.73. The Labute approximate surface area is 118 Å². The molecule has 1 aliphatic rings. The summed E-state index contributed by atoms with van der Waals surface area (Å²) in [6.07, 6.45) is 0. The van der Waals surface area contributed by atoms with Crippen LogP contribution in [-0.2, 0) is 24.5 Å². The van der Waals surface area contributed by atoms with E-state index in [1.807, 2.05) is 25.1 Å². The Morgan fingerprint density at radius 2 is 1.80 bits per heavy atom. The fourth-order valence-corrected chi connectivity index (χ4v) is 2.48. The van der Waals surface area contributed by atoms with Gasteiger partial charge in [0.05, 0.1) is 13.2 Å². The lowest BCUT2D eigenvalue weighted by Gasteiger charge is -2.08. The van der Waals surface area contributed by atoms with Crippen molar-refractivity contribution in [3.63, 3.8) is 0 Å². The van der Waals surface area contributed by atoms with E-state index < -0.39 is 0 Å². The number of nitrogens with one attached hydrogen (secondary N) is 1. The van der Waals surface area contributed by atoms with Crippen LogP contribution in [0.25, 0.3) is 11.1 Å². The SMILES string of the molecule is CCNCc1ccc(-c2ccc3c(c2)COC3)cc1F. The first kappa shape index (κ1) is 13.3. The van der Waals surface area contributed by atoms with Crippen molar-refractivity contribution in [1.29, 1.82) is 0 Å². The molecule has 0 amide bonds. The molecule has 0 aromatic heterocycles. The van der Waals surface area contributed by atoms with Crippen LogP contribution in [0.15, 0.2) is 36.4 Å². The van der Waals surface area contributed by atoms with Crippen molar-refractivity contribution in [1.82, 2.24) is 5.32 Å². The van der Waals surface area contributed by atoms with Crippen LogP contribution in [0.5, 0.6) is 0 Å². The van der Waals surface area contributed by atoms with E-state index >= 15 is 0 Å². The number of rotatable bonds is 4. The smallest absolute Gasteiger partial charge is 0.128 e. The molecule has 1 N–H and O–H groups in total. The normalized spacial score (nSPS) is 13.5. The highest BCUT2D eigenvalue weighted by Gasteiger charge is 2.12. The summed E-state index contributed by atoms with van der Waals surface area (Å²) in [6.45, 7) is 4.77. The summed E-state index contributed by atoms with van der Waals surface area (Å²) in [4.78, 5) is 0. The molecule has 1 aliphatic heterocycles. The summed E-state index contributed by atoms with van der Waals surface area (Å²) in [6, 6.07) is 11.7. The molecule has 1 heterocycles.